The molecule has 8 heteroatoms. The summed E-state index contributed by atoms with van der Waals surface area (Å²) < 4.78 is 0. The molecule has 0 bridgehead atoms. The van der Waals surface area contributed by atoms with E-state index in [4.69, 9.17) is 11.5 Å². The molecular weight excluding hydrogens is 136 g/mol. The first-order valence-electron chi connectivity index (χ1n) is 2.84. The fourth-order valence-electron chi connectivity index (χ4n) is 0.529. The molecule has 1 aliphatic rings. The quantitative estimate of drug-likeness (QED) is 0.237. The van der Waals surface area contributed by atoms with Crippen LogP contribution in [-0.2, 0) is 0 Å². The van der Waals surface area contributed by atoms with Crippen LogP contribution in [0.1, 0.15) is 0 Å². The van der Waals surface area contributed by atoms with Crippen molar-refractivity contribution in [3.05, 3.63) is 0 Å². The van der Waals surface area contributed by atoms with E-state index < -0.39 is 0 Å². The zero-order valence-corrected chi connectivity index (χ0v) is 5.46. The van der Waals surface area contributed by atoms with Crippen LogP contribution in [-0.4, -0.2) is 23.6 Å². The van der Waals surface area contributed by atoms with Gasteiger partial charge >= 0.3 is 0 Å². The molecule has 0 spiro atoms. The topological polar surface area (TPSA) is 107 Å². The van der Waals surface area contributed by atoms with Gasteiger partial charge in [0.1, 0.15) is 0 Å². The summed E-state index contributed by atoms with van der Waals surface area (Å²) in [7, 11) is 0. The van der Waals surface area contributed by atoms with E-state index in [0.29, 0.717) is 13.3 Å². The molecule has 1 fully saturated rings. The predicted octanol–water partition coefficient (Wildman–Crippen LogP) is -3.72. The van der Waals surface area contributed by atoms with Crippen LogP contribution in [0.3, 0.4) is 0 Å². The standard InChI is InChI=1S/C2H12N8/c3-1-9-6-5-7-10(2-4)8-9/h5-8H,1-4H2. The molecule has 8 N–H and O–H groups in total. The van der Waals surface area contributed by atoms with Crippen molar-refractivity contribution in [1.82, 2.24) is 32.4 Å². The number of nitrogens with two attached hydrogens (primary N) is 2. The van der Waals surface area contributed by atoms with Gasteiger partial charge in [0.05, 0.1) is 13.3 Å². The van der Waals surface area contributed by atoms with Crippen LogP contribution in [0.25, 0.3) is 0 Å². The van der Waals surface area contributed by atoms with Gasteiger partial charge in [-0.05, 0) is 0 Å². The minimum atomic E-state index is 0.325. The van der Waals surface area contributed by atoms with Crippen LogP contribution < -0.4 is 33.6 Å². The first-order valence-corrected chi connectivity index (χ1v) is 2.84. The Balaban J connectivity index is 2.25. The first kappa shape index (κ1) is 7.78. The van der Waals surface area contributed by atoms with E-state index in [9.17, 15) is 0 Å². The Morgan fingerprint density at radius 2 is 1.50 bits per heavy atom. The van der Waals surface area contributed by atoms with E-state index in [2.05, 4.69) is 22.1 Å². The summed E-state index contributed by atoms with van der Waals surface area (Å²) in [5, 5.41) is 3.03. The van der Waals surface area contributed by atoms with E-state index in [1.54, 1.807) is 0 Å². The monoisotopic (exact) mass is 148 g/mol. The highest BCUT2D eigenvalue weighted by molar-refractivity contribution is 4.39. The smallest absolute Gasteiger partial charge is 0.0783 e. The van der Waals surface area contributed by atoms with Crippen LogP contribution in [0, 0.1) is 0 Å². The van der Waals surface area contributed by atoms with Gasteiger partial charge in [-0.25, -0.2) is 0 Å². The van der Waals surface area contributed by atoms with Gasteiger partial charge < -0.3 is 11.5 Å². The third-order valence-electron chi connectivity index (χ3n) is 0.988. The molecule has 0 radical (unpaired) electrons. The van der Waals surface area contributed by atoms with Gasteiger partial charge in [0.2, 0.25) is 0 Å². The summed E-state index contributed by atoms with van der Waals surface area (Å²) >= 11 is 0. The minimum absolute atomic E-state index is 0.325. The largest absolute Gasteiger partial charge is 0.316 e. The van der Waals surface area contributed by atoms with Gasteiger partial charge in [-0.2, -0.15) is 22.1 Å². The fraction of sp³-hybridized carbons (Fsp3) is 1.00. The number of rotatable bonds is 2. The van der Waals surface area contributed by atoms with E-state index >= 15 is 0 Å². The zero-order valence-electron chi connectivity index (χ0n) is 5.46. The summed E-state index contributed by atoms with van der Waals surface area (Å²) in [4.78, 5) is 0. The maximum atomic E-state index is 5.29. The Hall–Kier alpha value is -0.320. The van der Waals surface area contributed by atoms with Crippen LogP contribution in [0.2, 0.25) is 0 Å². The maximum Gasteiger partial charge on any atom is 0.0783 e. The average molecular weight is 148 g/mol. The molecule has 1 heterocycles. The molecule has 0 amide bonds. The summed E-state index contributed by atoms with van der Waals surface area (Å²) in [6.07, 6.45) is 0. The summed E-state index contributed by atoms with van der Waals surface area (Å²) in [5.41, 5.74) is 21.3. The van der Waals surface area contributed by atoms with Crippen molar-refractivity contribution in [2.24, 2.45) is 11.5 Å². The Morgan fingerprint density at radius 3 is 1.90 bits per heavy atom. The van der Waals surface area contributed by atoms with Crippen molar-refractivity contribution in [3.8, 4) is 0 Å². The lowest BCUT2D eigenvalue weighted by Crippen LogP contribution is -2.75. The minimum Gasteiger partial charge on any atom is -0.316 e. The molecule has 1 rings (SSSR count). The molecule has 10 heavy (non-hydrogen) atoms. The summed E-state index contributed by atoms with van der Waals surface area (Å²) in [6.45, 7) is 0.649. The Bertz CT molecular complexity index is 83.3. The lowest BCUT2D eigenvalue weighted by molar-refractivity contribution is -0.130. The summed E-state index contributed by atoms with van der Waals surface area (Å²) in [6, 6.07) is 0. The average Bonchev–Trinajstić information content (AvgIpc) is 2.05. The van der Waals surface area contributed by atoms with Gasteiger partial charge in [0.15, 0.2) is 0 Å². The molecule has 1 aliphatic heterocycles. The second-order valence-corrected chi connectivity index (χ2v) is 1.67. The van der Waals surface area contributed by atoms with Crippen LogP contribution in [0.15, 0.2) is 0 Å². The predicted molar refractivity (Wildman–Crippen MR) is 34.3 cm³/mol. The van der Waals surface area contributed by atoms with Gasteiger partial charge in [-0.1, -0.05) is 0 Å². The molecule has 0 aromatic heterocycles. The Morgan fingerprint density at radius 1 is 1.00 bits per heavy atom. The van der Waals surface area contributed by atoms with Crippen LogP contribution >= 0.6 is 0 Å². The van der Waals surface area contributed by atoms with Gasteiger partial charge in [-0.15, -0.1) is 10.2 Å². The van der Waals surface area contributed by atoms with E-state index in [0.717, 1.165) is 0 Å². The number of nitrogens with one attached hydrogen (secondary N) is 4. The number of hydrogen-bond acceptors (Lipinski definition) is 8. The van der Waals surface area contributed by atoms with Gasteiger partial charge in [0.25, 0.3) is 0 Å². The zero-order chi connectivity index (χ0) is 7.40. The molecular formula is C2H12N8. The third kappa shape index (κ3) is 1.83. The molecule has 0 aromatic carbocycles. The molecule has 0 saturated carbocycles. The molecule has 0 aromatic rings. The Kier molecular flexibility index (Phi) is 2.92. The maximum absolute atomic E-state index is 5.29. The highest BCUT2D eigenvalue weighted by Crippen LogP contribution is 1.75. The molecule has 1 saturated heterocycles. The normalized spacial score (nSPS) is 23.4. The SMILES string of the molecule is NCN1NNNN(CN)N1. The van der Waals surface area contributed by atoms with E-state index in [1.165, 1.54) is 10.2 Å². The van der Waals surface area contributed by atoms with Crippen molar-refractivity contribution >= 4 is 0 Å². The van der Waals surface area contributed by atoms with Crippen molar-refractivity contribution in [1.29, 1.82) is 0 Å². The lowest BCUT2D eigenvalue weighted by atomic mass is 11.1. The van der Waals surface area contributed by atoms with Gasteiger partial charge in [0, 0.05) is 0 Å². The second-order valence-electron chi connectivity index (χ2n) is 1.67. The number of hydrogen-bond donors (Lipinski definition) is 6. The number of hydrazine groups is 6. The molecule has 0 atom stereocenters. The Labute approximate surface area is 58.3 Å². The van der Waals surface area contributed by atoms with Crippen molar-refractivity contribution < 1.29 is 0 Å². The number of nitrogens with zero attached hydrogens (tertiary/aromatic N) is 2. The van der Waals surface area contributed by atoms with E-state index in [1.807, 2.05) is 0 Å². The molecule has 8 nitrogen and oxygen atoms in total. The highest BCUT2D eigenvalue weighted by Gasteiger charge is 2.10. The second kappa shape index (κ2) is 3.75. The van der Waals surface area contributed by atoms with Crippen molar-refractivity contribution in [2.45, 2.75) is 0 Å². The molecule has 60 valence electrons. The van der Waals surface area contributed by atoms with E-state index in [-0.39, 0.29) is 0 Å². The van der Waals surface area contributed by atoms with Crippen LogP contribution in [0.4, 0.5) is 0 Å². The van der Waals surface area contributed by atoms with Crippen molar-refractivity contribution in [2.75, 3.05) is 13.3 Å². The lowest BCUT2D eigenvalue weighted by Gasteiger charge is -2.35. The summed E-state index contributed by atoms with van der Waals surface area (Å²) in [5.74, 6) is 0. The molecule has 0 aliphatic carbocycles. The first-order chi connectivity index (χ1) is 4.86. The van der Waals surface area contributed by atoms with Crippen LogP contribution in [0.5, 0.6) is 0 Å². The third-order valence-corrected chi connectivity index (χ3v) is 0.988. The van der Waals surface area contributed by atoms with Gasteiger partial charge in [-0.3, -0.25) is 0 Å². The van der Waals surface area contributed by atoms with Crippen molar-refractivity contribution in [3.63, 3.8) is 0 Å². The highest BCUT2D eigenvalue weighted by atomic mass is 16.1. The fourth-order valence-corrected chi connectivity index (χ4v) is 0.529. The molecule has 0 unspecified atom stereocenters.